The fourth-order valence-corrected chi connectivity index (χ4v) is 4.68. The van der Waals surface area contributed by atoms with Gasteiger partial charge in [0.25, 0.3) is 0 Å². The summed E-state index contributed by atoms with van der Waals surface area (Å²) in [6, 6.07) is 15.2. The molecule has 0 amide bonds. The van der Waals surface area contributed by atoms with E-state index in [2.05, 4.69) is 4.74 Å². The number of rotatable bonds is 8. The molecule has 230 valence electrons. The van der Waals surface area contributed by atoms with Crippen molar-refractivity contribution in [1.29, 1.82) is 0 Å². The SMILES string of the molecule is CC/C=C/c1ccc(-c2ccc(-c3cc(F)c(C(F)(F)Oc4ccc(-c5cc(F)c(F)c(F)c5)c(F)c4)c(F)c3)c(F)c2)cc1. The number of ether oxygens (including phenoxy) is 1. The van der Waals surface area contributed by atoms with E-state index >= 15 is 4.39 Å². The van der Waals surface area contributed by atoms with Gasteiger partial charge in [0.05, 0.1) is 0 Å². The van der Waals surface area contributed by atoms with Gasteiger partial charge in [0.15, 0.2) is 17.5 Å². The summed E-state index contributed by atoms with van der Waals surface area (Å²) >= 11 is 0. The molecule has 10 heteroatoms. The molecule has 0 aromatic heterocycles. The Labute approximate surface area is 251 Å². The number of hydrogen-bond acceptors (Lipinski definition) is 1. The van der Waals surface area contributed by atoms with E-state index in [1.807, 2.05) is 31.2 Å². The van der Waals surface area contributed by atoms with Crippen LogP contribution in [0.3, 0.4) is 0 Å². The maximum Gasteiger partial charge on any atom is 0.432 e. The molecular formula is C35H21F9O. The largest absolute Gasteiger partial charge is 0.432 e. The van der Waals surface area contributed by atoms with Crippen LogP contribution in [0.5, 0.6) is 5.75 Å². The molecule has 5 aromatic carbocycles. The van der Waals surface area contributed by atoms with Crippen molar-refractivity contribution in [3.63, 3.8) is 0 Å². The molecule has 0 bridgehead atoms. The monoisotopic (exact) mass is 628 g/mol. The van der Waals surface area contributed by atoms with Gasteiger partial charge in [-0.15, -0.1) is 0 Å². The molecule has 0 heterocycles. The lowest BCUT2D eigenvalue weighted by Crippen LogP contribution is -2.25. The van der Waals surface area contributed by atoms with Gasteiger partial charge < -0.3 is 4.74 Å². The number of allylic oxidation sites excluding steroid dienone is 1. The molecule has 0 saturated heterocycles. The van der Waals surface area contributed by atoms with E-state index in [9.17, 15) is 35.1 Å². The summed E-state index contributed by atoms with van der Waals surface area (Å²) in [4.78, 5) is 0. The standard InChI is InChI=1S/C35H21F9O/c1-2-3-4-19-5-7-20(8-6-19)21-9-11-25(27(36)13-21)22-14-29(38)33(30(39)15-22)35(43,44)45-24-10-12-26(28(37)18-24)23-16-31(40)34(42)32(41)17-23/h3-18H,2H2,1H3/b4-3+. The number of halogens is 9. The van der Waals surface area contributed by atoms with Crippen LogP contribution in [0.25, 0.3) is 39.5 Å². The van der Waals surface area contributed by atoms with Gasteiger partial charge in [0, 0.05) is 17.2 Å². The molecule has 0 aliphatic heterocycles. The van der Waals surface area contributed by atoms with Gasteiger partial charge in [-0.2, -0.15) is 8.78 Å². The third-order valence-corrected chi connectivity index (χ3v) is 6.88. The van der Waals surface area contributed by atoms with E-state index in [0.29, 0.717) is 41.5 Å². The highest BCUT2D eigenvalue weighted by Gasteiger charge is 2.41. The van der Waals surface area contributed by atoms with Crippen molar-refractivity contribution >= 4 is 6.08 Å². The molecule has 0 saturated carbocycles. The highest BCUT2D eigenvalue weighted by Crippen LogP contribution is 2.39. The Bertz CT molecular complexity index is 1870. The molecule has 5 rings (SSSR count). The smallest absolute Gasteiger partial charge is 0.429 e. The van der Waals surface area contributed by atoms with Crippen LogP contribution >= 0.6 is 0 Å². The van der Waals surface area contributed by atoms with Crippen LogP contribution in [-0.2, 0) is 6.11 Å². The molecule has 1 nitrogen and oxygen atoms in total. The molecule has 0 atom stereocenters. The summed E-state index contributed by atoms with van der Waals surface area (Å²) in [5.41, 5.74) is -1.23. The van der Waals surface area contributed by atoms with E-state index in [4.69, 9.17) is 0 Å². The first-order valence-corrected chi connectivity index (χ1v) is 13.5. The molecule has 0 unspecified atom stereocenters. The zero-order chi connectivity index (χ0) is 32.5. The zero-order valence-electron chi connectivity index (χ0n) is 23.3. The minimum absolute atomic E-state index is 0.249. The third kappa shape index (κ3) is 6.60. The molecule has 0 radical (unpaired) electrons. The summed E-state index contributed by atoms with van der Waals surface area (Å²) in [6.45, 7) is 2.00. The maximum atomic E-state index is 15.1. The molecule has 0 aliphatic carbocycles. The third-order valence-electron chi connectivity index (χ3n) is 6.88. The Balaban J connectivity index is 1.39. The first-order chi connectivity index (χ1) is 21.4. The Hall–Kier alpha value is -4.99. The van der Waals surface area contributed by atoms with Crippen LogP contribution in [0.1, 0.15) is 24.5 Å². The van der Waals surface area contributed by atoms with Crippen molar-refractivity contribution in [3.8, 4) is 39.1 Å². The Morgan fingerprint density at radius 1 is 0.556 bits per heavy atom. The van der Waals surface area contributed by atoms with E-state index in [-0.39, 0.29) is 11.1 Å². The Morgan fingerprint density at radius 2 is 1.04 bits per heavy atom. The van der Waals surface area contributed by atoms with Crippen molar-refractivity contribution in [2.75, 3.05) is 0 Å². The molecule has 0 spiro atoms. The zero-order valence-corrected chi connectivity index (χ0v) is 23.3. The fraction of sp³-hybridized carbons (Fsp3) is 0.0857. The summed E-state index contributed by atoms with van der Waals surface area (Å²) in [6.07, 6.45) is 0.113. The molecule has 0 aliphatic rings. The normalized spacial score (nSPS) is 11.8. The second-order valence-corrected chi connectivity index (χ2v) is 9.96. The van der Waals surface area contributed by atoms with Crippen molar-refractivity contribution in [3.05, 3.63) is 143 Å². The Kier molecular flexibility index (Phi) is 8.77. The van der Waals surface area contributed by atoms with Gasteiger partial charge >= 0.3 is 6.11 Å². The highest BCUT2D eigenvalue weighted by molar-refractivity contribution is 5.72. The van der Waals surface area contributed by atoms with Crippen LogP contribution < -0.4 is 4.74 Å². The van der Waals surface area contributed by atoms with Crippen molar-refractivity contribution < 1.29 is 44.3 Å². The van der Waals surface area contributed by atoms with Crippen LogP contribution in [0, 0.1) is 40.7 Å². The van der Waals surface area contributed by atoms with Gasteiger partial charge in [-0.3, -0.25) is 0 Å². The lowest BCUT2D eigenvalue weighted by atomic mass is 9.97. The van der Waals surface area contributed by atoms with Crippen molar-refractivity contribution in [2.45, 2.75) is 19.5 Å². The maximum absolute atomic E-state index is 15.1. The average Bonchev–Trinajstić information content (AvgIpc) is 2.98. The van der Waals surface area contributed by atoms with E-state index in [1.54, 1.807) is 12.1 Å². The predicted molar refractivity (Wildman–Crippen MR) is 153 cm³/mol. The van der Waals surface area contributed by atoms with Crippen molar-refractivity contribution in [2.24, 2.45) is 0 Å². The number of benzene rings is 5. The fourth-order valence-electron chi connectivity index (χ4n) is 4.68. The number of hydrogen-bond donors (Lipinski definition) is 0. The first kappa shape index (κ1) is 31.4. The molecule has 0 N–H and O–H groups in total. The lowest BCUT2D eigenvalue weighted by molar-refractivity contribution is -0.189. The highest BCUT2D eigenvalue weighted by atomic mass is 19.3. The number of alkyl halides is 2. The van der Waals surface area contributed by atoms with Crippen LogP contribution in [-0.4, -0.2) is 0 Å². The molecule has 45 heavy (non-hydrogen) atoms. The summed E-state index contributed by atoms with van der Waals surface area (Å²) in [7, 11) is 0. The first-order valence-electron chi connectivity index (χ1n) is 13.5. The van der Waals surface area contributed by atoms with E-state index < -0.39 is 69.3 Å². The van der Waals surface area contributed by atoms with E-state index in [1.165, 1.54) is 12.1 Å². The minimum Gasteiger partial charge on any atom is -0.429 e. The van der Waals surface area contributed by atoms with Crippen molar-refractivity contribution in [1.82, 2.24) is 0 Å². The summed E-state index contributed by atoms with van der Waals surface area (Å²) in [5, 5.41) is 0. The average molecular weight is 629 g/mol. The van der Waals surface area contributed by atoms with Gasteiger partial charge in [-0.1, -0.05) is 55.5 Å². The van der Waals surface area contributed by atoms with Gasteiger partial charge in [0.2, 0.25) is 0 Å². The lowest BCUT2D eigenvalue weighted by Gasteiger charge is -2.20. The predicted octanol–water partition coefficient (Wildman–Crippen LogP) is 11.2. The quantitative estimate of drug-likeness (QED) is 0.123. The summed E-state index contributed by atoms with van der Waals surface area (Å²) < 4.78 is 134. The van der Waals surface area contributed by atoms with Gasteiger partial charge in [0.1, 0.15) is 34.6 Å². The van der Waals surface area contributed by atoms with Gasteiger partial charge in [-0.05, 0) is 76.7 Å². The second-order valence-electron chi connectivity index (χ2n) is 9.96. The van der Waals surface area contributed by atoms with Crippen LogP contribution in [0.4, 0.5) is 39.5 Å². The van der Waals surface area contributed by atoms with E-state index in [0.717, 1.165) is 30.2 Å². The topological polar surface area (TPSA) is 9.23 Å². The van der Waals surface area contributed by atoms with Crippen LogP contribution in [0.15, 0.2) is 91.0 Å². The van der Waals surface area contributed by atoms with Crippen LogP contribution in [0.2, 0.25) is 0 Å². The molecule has 5 aromatic rings. The summed E-state index contributed by atoms with van der Waals surface area (Å²) in [5.74, 6) is -11.6. The minimum atomic E-state index is -4.67. The Morgan fingerprint density at radius 3 is 1.58 bits per heavy atom. The molecular weight excluding hydrogens is 607 g/mol. The second kappa shape index (κ2) is 12.6. The molecule has 0 fully saturated rings. The van der Waals surface area contributed by atoms with Gasteiger partial charge in [-0.25, -0.2) is 30.7 Å².